The number of aryl methyl sites for hydroxylation is 4. The van der Waals surface area contributed by atoms with Gasteiger partial charge in [-0.05, 0) is 246 Å². The summed E-state index contributed by atoms with van der Waals surface area (Å²) >= 11 is 5.94. The smallest absolute Gasteiger partial charge is 0.413 e. The first-order chi connectivity index (χ1) is 61.5. The van der Waals surface area contributed by atoms with Crippen molar-refractivity contribution in [3.05, 3.63) is 139 Å². The maximum Gasteiger partial charge on any atom is 0.413 e. The van der Waals surface area contributed by atoms with Crippen LogP contribution in [0.2, 0.25) is 0 Å². The Balaban J connectivity index is 0.000000206. The second kappa shape index (κ2) is 47.2. The molecule has 131 heavy (non-hydrogen) atoms. The van der Waals surface area contributed by atoms with Gasteiger partial charge < -0.3 is 83.5 Å². The summed E-state index contributed by atoms with van der Waals surface area (Å²) in [6, 6.07) is 21.7. The van der Waals surface area contributed by atoms with Crippen LogP contribution in [0.4, 0.5) is 75.6 Å². The summed E-state index contributed by atoms with van der Waals surface area (Å²) in [7, 11) is 0. The number of ether oxygens (including phenoxy) is 2. The molecule has 0 saturated carbocycles. The normalized spacial score (nSPS) is 18.1. The Labute approximate surface area is 778 Å². The first-order valence-electron chi connectivity index (χ1n) is 42.8. The third kappa shape index (κ3) is 32.7. The van der Waals surface area contributed by atoms with Gasteiger partial charge in [0, 0.05) is 79.8 Å². The van der Waals surface area contributed by atoms with Gasteiger partial charge in [-0.25, -0.2) is 29.5 Å². The third-order valence-corrected chi connectivity index (χ3v) is 24.9. The van der Waals surface area contributed by atoms with Crippen molar-refractivity contribution in [1.82, 2.24) is 40.0 Å². The topological polar surface area (TPSA) is 503 Å². The molecule has 36 nitrogen and oxygen atoms in total. The molecule has 8 aromatic rings. The maximum absolute atomic E-state index is 13.2. The summed E-state index contributed by atoms with van der Waals surface area (Å²) in [6.07, 6.45) is 11.9. The van der Waals surface area contributed by atoms with E-state index in [1.807, 2.05) is 42.5 Å². The number of nitrogens with zero attached hydrogens (tertiary/aromatic N) is 7. The zero-order valence-electron chi connectivity index (χ0n) is 77.3. The Morgan fingerprint density at radius 1 is 0.366 bits per heavy atom. The van der Waals surface area contributed by atoms with Crippen molar-refractivity contribution in [2.24, 2.45) is 23.7 Å². The Morgan fingerprint density at radius 3 is 0.924 bits per heavy atom. The van der Waals surface area contributed by atoms with E-state index >= 15 is 0 Å². The summed E-state index contributed by atoms with van der Waals surface area (Å²) < 4.78 is 10.4. The zero-order valence-corrected chi connectivity index (χ0v) is 80.6. The summed E-state index contributed by atoms with van der Waals surface area (Å²) in [4.78, 5) is 193. The Kier molecular flexibility index (Phi) is 37.4. The number of nitrogens with two attached hydrogens (primary N) is 2. The number of likely N-dealkylation sites (tertiary alicyclic amines) is 3. The molecule has 0 aliphatic carbocycles. The Hall–Kier alpha value is -12.7. The molecule has 4 fully saturated rings. The van der Waals surface area contributed by atoms with Gasteiger partial charge in [0.15, 0.2) is 0 Å². The number of amides is 13. The van der Waals surface area contributed by atoms with Crippen LogP contribution in [0, 0.1) is 51.4 Å². The van der Waals surface area contributed by atoms with Gasteiger partial charge >= 0.3 is 47.6 Å². The molecule has 12 rings (SSSR count). The molecule has 4 saturated heterocycles. The number of Topliss-reactive ketones (excluding diaryl/α,β-unsaturated/α-hetero) is 1. The summed E-state index contributed by atoms with van der Waals surface area (Å²) in [6.45, 7) is 35.6. The number of carbonyl (C=O) groups excluding carboxylic acids is 14. The number of ketones is 1. The van der Waals surface area contributed by atoms with Gasteiger partial charge in [0.2, 0.25) is 29.4 Å². The molecule has 6 unspecified atom stereocenters. The lowest BCUT2D eigenvalue weighted by atomic mass is 9.93. The predicted octanol–water partition coefficient (Wildman–Crippen LogP) is 15.6. The molecule has 15 N–H and O–H groups in total. The van der Waals surface area contributed by atoms with E-state index in [1.54, 1.807) is 126 Å². The van der Waals surface area contributed by atoms with E-state index in [0.29, 0.717) is 99.7 Å². The van der Waals surface area contributed by atoms with Gasteiger partial charge in [-0.1, -0.05) is 27.7 Å². The van der Waals surface area contributed by atoms with Crippen LogP contribution >= 0.6 is 45.3 Å². The molecule has 0 bridgehead atoms. The predicted molar refractivity (Wildman–Crippen MR) is 512 cm³/mol. The van der Waals surface area contributed by atoms with Gasteiger partial charge in [-0.15, -0.1) is 45.3 Å². The first-order valence-corrected chi connectivity index (χ1v) is 46.1. The fourth-order valence-electron chi connectivity index (χ4n) is 14.2. The van der Waals surface area contributed by atoms with Crippen molar-refractivity contribution in [2.45, 2.75) is 218 Å². The number of nitrogen functional groups attached to an aromatic ring is 2. The van der Waals surface area contributed by atoms with E-state index in [4.69, 9.17) is 20.9 Å². The van der Waals surface area contributed by atoms with Gasteiger partial charge in [-0.2, -0.15) is 0 Å². The lowest BCUT2D eigenvalue weighted by Crippen LogP contribution is -2.46. The highest BCUT2D eigenvalue weighted by atomic mass is 32.1. The minimum absolute atomic E-state index is 0.00127. The number of thiophene rings is 4. The molecule has 13 amide bonds. The van der Waals surface area contributed by atoms with Crippen molar-refractivity contribution < 1.29 is 76.6 Å². The number of hydrogen-bond donors (Lipinski definition) is 13. The fraction of sp³-hybridized carbons (Fsp3) is 0.451. The first kappa shape index (κ1) is 104. The number of piperidine rings is 4. The van der Waals surface area contributed by atoms with Crippen molar-refractivity contribution >= 4 is 194 Å². The van der Waals surface area contributed by atoms with Crippen LogP contribution in [0.5, 0.6) is 0 Å². The van der Waals surface area contributed by atoms with Crippen LogP contribution in [0.25, 0.3) is 0 Å². The molecule has 0 radical (unpaired) electrons. The van der Waals surface area contributed by atoms with E-state index in [-0.39, 0.29) is 47.7 Å². The largest absolute Gasteiger partial charge is 0.444 e. The molecular weight excluding hydrogens is 1760 g/mol. The quantitative estimate of drug-likeness (QED) is 0.0424. The maximum atomic E-state index is 13.2. The lowest BCUT2D eigenvalue weighted by Gasteiger charge is -2.37. The lowest BCUT2D eigenvalue weighted by molar-refractivity contribution is -0.146. The standard InChI is InChI=1S/C25H33N5O5S.2C20H25N5O3S.C14H19N3O4.C12H18N2OS/c1-14-7-8-18(19-9-10-20(36-19)27-16(3)31)30(13-14)23(33)22(32)28-17-11-15(2)21(26-12-17)29-24(34)35-25(4,5)6;2*1-11-4-5-15(16-6-7-17(29-16)23-13(3)26)25(10-11)20(28)19(27)24-14-8-12(2)18(21)22-9-14;1-8-6-10(16-12(19)9(2)18)7-15-11(8)17-13(20)21-14(3,4)5;1-8-3-4-10(13-7-8)11-5-6-12(16-11)14-9(2)15/h9-12,14,18H,7-8,13H2,1-6H3,(H,27,31)(H,28,32)(H,26,29,34);2*6-9,11,15H,4-5,10H2,1-3H3,(H2,21,22)(H,23,26)(H,24,27);6-7H,1-5H3,(H,16,19)(H,15,17,20);5-6,8,10,13H,3-4,7H2,1-2H3,(H,14,15)/t;11-,15+;;;/m.1.../s1. The number of nitrogens with one attached hydrogen (secondary N) is 11. The molecular formula is C91H120N20O16S4. The van der Waals surface area contributed by atoms with Gasteiger partial charge in [-0.3, -0.25) is 68.2 Å². The molecule has 8 atom stereocenters. The van der Waals surface area contributed by atoms with Crippen molar-refractivity contribution in [2.75, 3.05) is 90.8 Å². The summed E-state index contributed by atoms with van der Waals surface area (Å²) in [5, 5.41) is 33.1. The molecule has 704 valence electrons. The number of hydrogen-bond acceptors (Lipinski definition) is 27. The zero-order chi connectivity index (χ0) is 96.6. The number of aromatic nitrogens is 4. The Bertz CT molecular complexity index is 5320. The highest BCUT2D eigenvalue weighted by Gasteiger charge is 2.39. The second-order valence-electron chi connectivity index (χ2n) is 34.9. The summed E-state index contributed by atoms with van der Waals surface area (Å²) in [5.41, 5.74) is 14.4. The van der Waals surface area contributed by atoms with Crippen LogP contribution < -0.4 is 70.0 Å². The van der Waals surface area contributed by atoms with Gasteiger partial charge in [0.05, 0.1) is 85.7 Å². The van der Waals surface area contributed by atoms with Crippen LogP contribution in [0.15, 0.2) is 97.6 Å². The number of rotatable bonds is 15. The van der Waals surface area contributed by atoms with Crippen molar-refractivity contribution in [3.8, 4) is 0 Å². The highest BCUT2D eigenvalue weighted by molar-refractivity contribution is 7.17. The van der Waals surface area contributed by atoms with Gasteiger partial charge in [0.1, 0.15) is 34.5 Å². The number of carbonyl (C=O) groups is 14. The van der Waals surface area contributed by atoms with Gasteiger partial charge in [0.25, 0.3) is 5.91 Å². The van der Waals surface area contributed by atoms with E-state index in [0.717, 1.165) is 91.7 Å². The van der Waals surface area contributed by atoms with Crippen molar-refractivity contribution in [1.29, 1.82) is 0 Å². The van der Waals surface area contributed by atoms with E-state index in [2.05, 4.69) is 112 Å². The summed E-state index contributed by atoms with van der Waals surface area (Å²) in [5.74, 6) is -2.68. The molecule has 4 aliphatic rings. The van der Waals surface area contributed by atoms with Crippen molar-refractivity contribution in [3.63, 3.8) is 0 Å². The van der Waals surface area contributed by atoms with E-state index in [9.17, 15) is 67.1 Å². The average molecular weight is 1880 g/mol. The second-order valence-corrected chi connectivity index (χ2v) is 39.4. The molecule has 0 aromatic carbocycles. The minimum Gasteiger partial charge on any atom is -0.444 e. The molecule has 40 heteroatoms. The molecule has 8 aromatic heterocycles. The number of pyridine rings is 4. The SMILES string of the molecule is CC(=O)C(=O)Nc1cnc(NC(=O)OC(C)(C)C)c(C)c1.CC(=O)Nc1ccc(C2CCC(C)CN2)s1.CC(=O)Nc1ccc(C2CCC(C)CN2C(=O)C(=O)Nc2cnc(N)c(C)c2)s1.CC(=O)Nc1ccc(C2CCC(C)CN2C(=O)C(=O)Nc2cnc(NC(=O)OC(C)(C)C)c(C)c2)s1.CC(=O)Nc1ccc([C@@H]2CC[C@@H](C)CN2C(=O)C(=O)Nc2cnc(N)c(C)c2)s1. The monoisotopic (exact) mass is 1880 g/mol. The fourth-order valence-corrected chi connectivity index (χ4v) is 18.5. The number of anilines is 12. The van der Waals surface area contributed by atoms with Crippen LogP contribution in [0.3, 0.4) is 0 Å². The minimum atomic E-state index is -0.762. The average Bonchev–Trinajstić information content (AvgIpc) is 1.82. The molecule has 4 aliphatic heterocycles. The van der Waals surface area contributed by atoms with Crippen LogP contribution in [0.1, 0.15) is 221 Å². The highest BCUT2D eigenvalue weighted by Crippen LogP contribution is 2.43. The Morgan fingerprint density at radius 2 is 0.649 bits per heavy atom. The molecule has 0 spiro atoms. The van der Waals surface area contributed by atoms with E-state index < -0.39 is 70.5 Å². The molecule has 12 heterocycles. The van der Waals surface area contributed by atoms with Crippen LogP contribution in [-0.2, 0) is 67.0 Å². The van der Waals surface area contributed by atoms with Crippen LogP contribution in [-0.4, -0.2) is 155 Å². The third-order valence-electron chi connectivity index (χ3n) is 20.5. The van der Waals surface area contributed by atoms with E-state index in [1.165, 1.54) is 104 Å².